The van der Waals surface area contributed by atoms with E-state index >= 15 is 0 Å². The maximum atomic E-state index is 12.2. The van der Waals surface area contributed by atoms with Crippen LogP contribution in [0.4, 0.5) is 5.69 Å². The van der Waals surface area contributed by atoms with E-state index in [1.165, 1.54) is 24.6 Å². The lowest BCUT2D eigenvalue weighted by atomic mass is 10.1. The topological polar surface area (TPSA) is 66.5 Å². The third kappa shape index (κ3) is 4.66. The van der Waals surface area contributed by atoms with E-state index in [9.17, 15) is 13.2 Å². The molecule has 0 aliphatic rings. The minimum atomic E-state index is -3.56. The van der Waals surface area contributed by atoms with Crippen LogP contribution >= 0.6 is 0 Å². The molecule has 0 heterocycles. The SMILES string of the molecule is CCc1ccc(N(CCNS(=O)(=O)c2ccccc2)C(C)=O)cc1. The van der Waals surface area contributed by atoms with E-state index in [-0.39, 0.29) is 23.9 Å². The molecule has 0 radical (unpaired) electrons. The molecule has 0 bridgehead atoms. The molecule has 5 nitrogen and oxygen atoms in total. The van der Waals surface area contributed by atoms with Crippen LogP contribution in [0, 0.1) is 0 Å². The summed E-state index contributed by atoms with van der Waals surface area (Å²) in [5.74, 6) is -0.127. The van der Waals surface area contributed by atoms with E-state index in [2.05, 4.69) is 11.6 Å². The van der Waals surface area contributed by atoms with Gasteiger partial charge in [-0.25, -0.2) is 13.1 Å². The van der Waals surface area contributed by atoms with Crippen molar-refractivity contribution in [3.8, 4) is 0 Å². The van der Waals surface area contributed by atoms with Gasteiger partial charge in [0.05, 0.1) is 4.90 Å². The second-order valence-electron chi connectivity index (χ2n) is 5.40. The van der Waals surface area contributed by atoms with Crippen molar-refractivity contribution >= 4 is 21.6 Å². The zero-order valence-corrected chi connectivity index (χ0v) is 14.7. The van der Waals surface area contributed by atoms with E-state index in [0.29, 0.717) is 0 Å². The number of amides is 1. The van der Waals surface area contributed by atoms with Crippen LogP contribution in [0.1, 0.15) is 19.4 Å². The molecular weight excluding hydrogens is 324 g/mol. The van der Waals surface area contributed by atoms with E-state index < -0.39 is 10.0 Å². The minimum Gasteiger partial charge on any atom is -0.311 e. The summed E-state index contributed by atoms with van der Waals surface area (Å²) < 4.78 is 26.9. The van der Waals surface area contributed by atoms with Crippen molar-refractivity contribution in [3.63, 3.8) is 0 Å². The molecule has 0 aliphatic heterocycles. The molecule has 2 aromatic rings. The van der Waals surface area contributed by atoms with E-state index in [4.69, 9.17) is 0 Å². The van der Waals surface area contributed by atoms with Gasteiger partial charge < -0.3 is 4.90 Å². The molecule has 6 heteroatoms. The molecule has 0 unspecified atom stereocenters. The zero-order valence-electron chi connectivity index (χ0n) is 13.9. The van der Waals surface area contributed by atoms with Crippen molar-refractivity contribution in [2.75, 3.05) is 18.0 Å². The third-order valence-electron chi connectivity index (χ3n) is 3.72. The quantitative estimate of drug-likeness (QED) is 0.838. The van der Waals surface area contributed by atoms with Gasteiger partial charge in [0.1, 0.15) is 0 Å². The lowest BCUT2D eigenvalue weighted by Crippen LogP contribution is -2.37. The first kappa shape index (κ1) is 18.2. The molecule has 2 aromatic carbocycles. The summed E-state index contributed by atoms with van der Waals surface area (Å²) in [6, 6.07) is 15.9. The van der Waals surface area contributed by atoms with Gasteiger partial charge in [0.2, 0.25) is 15.9 Å². The zero-order chi connectivity index (χ0) is 17.6. The molecule has 1 amide bonds. The number of sulfonamides is 1. The molecule has 0 aromatic heterocycles. The highest BCUT2D eigenvalue weighted by molar-refractivity contribution is 7.89. The van der Waals surface area contributed by atoms with Crippen LogP contribution in [0.5, 0.6) is 0 Å². The number of nitrogens with one attached hydrogen (secondary N) is 1. The van der Waals surface area contributed by atoms with Crippen molar-refractivity contribution in [1.29, 1.82) is 0 Å². The van der Waals surface area contributed by atoms with Crippen LogP contribution in [0.15, 0.2) is 59.5 Å². The van der Waals surface area contributed by atoms with Gasteiger partial charge in [0.25, 0.3) is 0 Å². The Bertz CT molecular complexity index is 772. The summed E-state index contributed by atoms with van der Waals surface area (Å²) in [4.78, 5) is 13.7. The second-order valence-corrected chi connectivity index (χ2v) is 7.17. The number of anilines is 1. The van der Waals surface area contributed by atoms with Gasteiger partial charge in [-0.05, 0) is 36.2 Å². The highest BCUT2D eigenvalue weighted by atomic mass is 32.2. The maximum absolute atomic E-state index is 12.2. The summed E-state index contributed by atoms with van der Waals surface area (Å²) >= 11 is 0. The molecule has 128 valence electrons. The minimum absolute atomic E-state index is 0.127. The van der Waals surface area contributed by atoms with E-state index in [1.54, 1.807) is 23.1 Å². The molecule has 0 saturated heterocycles. The number of carbonyl (C=O) groups excluding carboxylic acids is 1. The monoisotopic (exact) mass is 346 g/mol. The van der Waals surface area contributed by atoms with Gasteiger partial charge in [-0.3, -0.25) is 4.79 Å². The Morgan fingerprint density at radius 2 is 1.67 bits per heavy atom. The maximum Gasteiger partial charge on any atom is 0.240 e. The highest BCUT2D eigenvalue weighted by Crippen LogP contribution is 2.16. The molecule has 0 saturated carbocycles. The normalized spacial score (nSPS) is 11.2. The van der Waals surface area contributed by atoms with Crippen molar-refractivity contribution in [2.24, 2.45) is 0 Å². The summed E-state index contributed by atoms with van der Waals surface area (Å²) in [7, 11) is -3.56. The van der Waals surface area contributed by atoms with Gasteiger partial charge in [-0.15, -0.1) is 0 Å². The van der Waals surface area contributed by atoms with Crippen molar-refractivity contribution in [2.45, 2.75) is 25.2 Å². The first-order valence-electron chi connectivity index (χ1n) is 7.86. The summed E-state index contributed by atoms with van der Waals surface area (Å²) in [6.07, 6.45) is 0.928. The summed E-state index contributed by atoms with van der Waals surface area (Å²) in [6.45, 7) is 3.95. The van der Waals surface area contributed by atoms with Gasteiger partial charge in [-0.2, -0.15) is 0 Å². The first-order valence-corrected chi connectivity index (χ1v) is 9.34. The largest absolute Gasteiger partial charge is 0.311 e. The van der Waals surface area contributed by atoms with Crippen LogP contribution in [0.3, 0.4) is 0 Å². The Balaban J connectivity index is 2.03. The van der Waals surface area contributed by atoms with Crippen LogP contribution in [0.25, 0.3) is 0 Å². The predicted molar refractivity (Wildman–Crippen MR) is 95.5 cm³/mol. The molecule has 1 N–H and O–H groups in total. The predicted octanol–water partition coefficient (Wildman–Crippen LogP) is 2.58. The van der Waals surface area contributed by atoms with Gasteiger partial charge in [0.15, 0.2) is 0 Å². The number of benzene rings is 2. The number of hydrogen-bond donors (Lipinski definition) is 1. The number of aryl methyl sites for hydroxylation is 1. The molecule has 0 aliphatic carbocycles. The van der Waals surface area contributed by atoms with Crippen LogP contribution < -0.4 is 9.62 Å². The summed E-state index contributed by atoms with van der Waals surface area (Å²) in [5.41, 5.74) is 1.95. The average molecular weight is 346 g/mol. The molecular formula is C18H22N2O3S. The fourth-order valence-corrected chi connectivity index (χ4v) is 3.40. The number of rotatable bonds is 7. The summed E-state index contributed by atoms with van der Waals surface area (Å²) in [5, 5.41) is 0. The van der Waals surface area contributed by atoms with Gasteiger partial charge in [-0.1, -0.05) is 37.3 Å². The van der Waals surface area contributed by atoms with Gasteiger partial charge >= 0.3 is 0 Å². The highest BCUT2D eigenvalue weighted by Gasteiger charge is 2.15. The fourth-order valence-electron chi connectivity index (χ4n) is 2.35. The lowest BCUT2D eigenvalue weighted by molar-refractivity contribution is -0.116. The Kier molecular flexibility index (Phi) is 6.11. The number of carbonyl (C=O) groups is 1. The van der Waals surface area contributed by atoms with Crippen molar-refractivity contribution in [3.05, 3.63) is 60.2 Å². The van der Waals surface area contributed by atoms with Crippen LogP contribution in [-0.2, 0) is 21.2 Å². The molecule has 0 fully saturated rings. The standard InChI is InChI=1S/C18H22N2O3S/c1-3-16-9-11-17(12-10-16)20(15(2)21)14-13-19-24(22,23)18-7-5-4-6-8-18/h4-12,19H,3,13-14H2,1-2H3. The Labute approximate surface area is 143 Å². The van der Waals surface area contributed by atoms with Crippen molar-refractivity contribution < 1.29 is 13.2 Å². The number of hydrogen-bond acceptors (Lipinski definition) is 3. The fraction of sp³-hybridized carbons (Fsp3) is 0.278. The van der Waals surface area contributed by atoms with Crippen LogP contribution in [0.2, 0.25) is 0 Å². The lowest BCUT2D eigenvalue weighted by Gasteiger charge is -2.21. The van der Waals surface area contributed by atoms with Crippen molar-refractivity contribution in [1.82, 2.24) is 4.72 Å². The second kappa shape index (κ2) is 8.08. The van der Waals surface area contributed by atoms with E-state index in [1.807, 2.05) is 24.3 Å². The Morgan fingerprint density at radius 3 is 2.21 bits per heavy atom. The Hall–Kier alpha value is -2.18. The molecule has 0 spiro atoms. The molecule has 24 heavy (non-hydrogen) atoms. The first-order chi connectivity index (χ1) is 11.4. The smallest absolute Gasteiger partial charge is 0.240 e. The number of nitrogens with zero attached hydrogens (tertiary/aromatic N) is 1. The Morgan fingerprint density at radius 1 is 1.04 bits per heavy atom. The average Bonchev–Trinajstić information content (AvgIpc) is 2.59. The van der Waals surface area contributed by atoms with Gasteiger partial charge in [0, 0.05) is 25.7 Å². The third-order valence-corrected chi connectivity index (χ3v) is 5.19. The van der Waals surface area contributed by atoms with Crippen LogP contribution in [-0.4, -0.2) is 27.4 Å². The molecule has 0 atom stereocenters. The molecule has 2 rings (SSSR count). The van der Waals surface area contributed by atoms with E-state index in [0.717, 1.165) is 12.1 Å².